The van der Waals surface area contributed by atoms with Crippen LogP contribution in [0.4, 0.5) is 5.82 Å². The molecule has 29 heavy (non-hydrogen) atoms. The van der Waals surface area contributed by atoms with Crippen LogP contribution in [0, 0.1) is 4.84 Å². The molecule has 2 N–H and O–H groups in total. The van der Waals surface area contributed by atoms with Gasteiger partial charge in [0.2, 0.25) is 0 Å². The van der Waals surface area contributed by atoms with Crippen LogP contribution in [0.3, 0.4) is 0 Å². The third kappa shape index (κ3) is 4.93. The Morgan fingerprint density at radius 2 is 1.90 bits per heavy atom. The second kappa shape index (κ2) is 9.06. The zero-order valence-corrected chi connectivity index (χ0v) is 17.2. The number of hydrogen-bond acceptors (Lipinski definition) is 6. The van der Waals surface area contributed by atoms with Gasteiger partial charge in [0.1, 0.15) is 37.7 Å². The van der Waals surface area contributed by atoms with Crippen molar-refractivity contribution < 1.29 is 23.8 Å². The number of H-pyrrole nitrogens is 1. The van der Waals surface area contributed by atoms with Crippen molar-refractivity contribution in [2.24, 2.45) is 0 Å². The first-order chi connectivity index (χ1) is 14.2. The van der Waals surface area contributed by atoms with Crippen LogP contribution in [0.2, 0.25) is 0 Å². The van der Waals surface area contributed by atoms with Crippen molar-refractivity contribution in [2.45, 2.75) is 13.3 Å². The maximum absolute atomic E-state index is 5.72. The van der Waals surface area contributed by atoms with E-state index in [0.717, 1.165) is 43.5 Å². The van der Waals surface area contributed by atoms with E-state index >= 15 is 0 Å². The van der Waals surface area contributed by atoms with Gasteiger partial charge in [-0.25, -0.2) is 4.98 Å². The van der Waals surface area contributed by atoms with E-state index in [1.54, 1.807) is 11.8 Å². The number of aromatic nitrogens is 3. The summed E-state index contributed by atoms with van der Waals surface area (Å²) in [5.41, 5.74) is 0. The second-order valence-electron chi connectivity index (χ2n) is 6.87. The fourth-order valence-electron chi connectivity index (χ4n) is 3.34. The Labute approximate surface area is 174 Å². The Balaban J connectivity index is 1.30. The SMILES string of the molecule is COc1ccc(OCc2nn(C[NH+]3CCN(c4cccc[nH+]4)CC3)c(=S)o2)cc1. The third-order valence-electron chi connectivity index (χ3n) is 4.95. The van der Waals surface area contributed by atoms with Gasteiger partial charge in [0.05, 0.1) is 13.3 Å². The summed E-state index contributed by atoms with van der Waals surface area (Å²) in [6.45, 7) is 4.90. The minimum absolute atomic E-state index is 0.232. The molecule has 1 aliphatic heterocycles. The number of nitrogens with one attached hydrogen (secondary N) is 2. The lowest BCUT2D eigenvalue weighted by atomic mass is 10.3. The van der Waals surface area contributed by atoms with Crippen molar-refractivity contribution >= 4 is 18.0 Å². The molecule has 3 aromatic rings. The molecule has 4 rings (SSSR count). The van der Waals surface area contributed by atoms with Gasteiger partial charge in [-0.2, -0.15) is 4.68 Å². The van der Waals surface area contributed by atoms with Crippen molar-refractivity contribution in [3.8, 4) is 11.5 Å². The standard InChI is InChI=1S/C20H23N5O3S/c1-26-16-5-7-17(8-6-16)27-14-19-22-25(20(29)28-19)15-23-10-12-24(13-11-23)18-4-2-3-9-21-18/h2-9H,10-15H2,1H3/p+2. The lowest BCUT2D eigenvalue weighted by Crippen LogP contribution is -3.14. The highest BCUT2D eigenvalue weighted by Crippen LogP contribution is 2.18. The first kappa shape index (κ1) is 19.4. The van der Waals surface area contributed by atoms with Gasteiger partial charge in [0.25, 0.3) is 16.5 Å². The minimum atomic E-state index is 0.232. The molecule has 0 atom stereocenters. The molecule has 0 saturated carbocycles. The molecule has 9 heteroatoms. The summed E-state index contributed by atoms with van der Waals surface area (Å²) in [5, 5.41) is 4.49. The molecule has 8 nitrogen and oxygen atoms in total. The first-order valence-corrected chi connectivity index (χ1v) is 10.0. The number of rotatable bonds is 7. The van der Waals surface area contributed by atoms with E-state index in [9.17, 15) is 0 Å². The second-order valence-corrected chi connectivity index (χ2v) is 7.22. The molecule has 0 bridgehead atoms. The summed E-state index contributed by atoms with van der Waals surface area (Å²) in [4.78, 5) is 7.46. The van der Waals surface area contributed by atoms with Crippen LogP contribution >= 0.6 is 12.2 Å². The highest BCUT2D eigenvalue weighted by molar-refractivity contribution is 7.71. The molecular formula is C20H25N5O3S+2. The summed E-state index contributed by atoms with van der Waals surface area (Å²) in [6, 6.07) is 13.5. The maximum Gasteiger partial charge on any atom is 0.291 e. The fraction of sp³-hybridized carbons (Fsp3) is 0.350. The molecule has 1 fully saturated rings. The van der Waals surface area contributed by atoms with Gasteiger partial charge in [-0.1, -0.05) is 6.07 Å². The van der Waals surface area contributed by atoms with Crippen LogP contribution in [0.5, 0.6) is 11.5 Å². The number of pyridine rings is 1. The summed E-state index contributed by atoms with van der Waals surface area (Å²) in [7, 11) is 1.63. The molecular weight excluding hydrogens is 390 g/mol. The van der Waals surface area contributed by atoms with Crippen LogP contribution in [-0.2, 0) is 13.3 Å². The van der Waals surface area contributed by atoms with E-state index in [1.165, 1.54) is 4.90 Å². The Bertz CT molecular complexity index is 966. The molecule has 2 aromatic heterocycles. The van der Waals surface area contributed by atoms with E-state index < -0.39 is 0 Å². The molecule has 0 spiro atoms. The van der Waals surface area contributed by atoms with Gasteiger partial charge in [-0.15, -0.1) is 5.10 Å². The highest BCUT2D eigenvalue weighted by atomic mass is 32.1. The lowest BCUT2D eigenvalue weighted by molar-refractivity contribution is -0.924. The number of methoxy groups -OCH3 is 1. The summed E-state index contributed by atoms with van der Waals surface area (Å²) < 4.78 is 18.2. The number of hydrogen-bond donors (Lipinski definition) is 1. The monoisotopic (exact) mass is 415 g/mol. The molecule has 1 aliphatic rings. The summed E-state index contributed by atoms with van der Waals surface area (Å²) in [6.07, 6.45) is 1.96. The Morgan fingerprint density at radius 3 is 2.59 bits per heavy atom. The number of benzene rings is 1. The molecule has 1 aromatic carbocycles. The topological polar surface area (TPSA) is 71.2 Å². The van der Waals surface area contributed by atoms with Crippen molar-refractivity contribution in [3.63, 3.8) is 0 Å². The van der Waals surface area contributed by atoms with Gasteiger partial charge >= 0.3 is 0 Å². The average molecular weight is 416 g/mol. The van der Waals surface area contributed by atoms with E-state index in [-0.39, 0.29) is 6.61 Å². The summed E-state index contributed by atoms with van der Waals surface area (Å²) >= 11 is 5.34. The number of anilines is 1. The van der Waals surface area contributed by atoms with Gasteiger partial charge in [0, 0.05) is 6.07 Å². The predicted octanol–water partition coefficient (Wildman–Crippen LogP) is 0.970. The van der Waals surface area contributed by atoms with Gasteiger partial charge < -0.3 is 18.8 Å². The van der Waals surface area contributed by atoms with E-state index in [0.29, 0.717) is 17.4 Å². The van der Waals surface area contributed by atoms with Gasteiger partial charge in [-0.3, -0.25) is 4.90 Å². The van der Waals surface area contributed by atoms with Crippen molar-refractivity contribution in [1.82, 2.24) is 9.78 Å². The first-order valence-electron chi connectivity index (χ1n) is 9.60. The molecule has 0 aliphatic carbocycles. The van der Waals surface area contributed by atoms with Gasteiger partial charge in [0.15, 0.2) is 13.3 Å². The van der Waals surface area contributed by atoms with Crippen LogP contribution in [0.1, 0.15) is 5.89 Å². The number of quaternary nitrogens is 1. The Hall–Kier alpha value is -2.91. The lowest BCUT2D eigenvalue weighted by Gasteiger charge is -2.27. The number of ether oxygens (including phenoxy) is 2. The number of nitrogens with zero attached hydrogens (tertiary/aromatic N) is 3. The molecule has 3 heterocycles. The van der Waals surface area contributed by atoms with Crippen molar-refractivity contribution in [2.75, 3.05) is 38.2 Å². The quantitative estimate of drug-likeness (QED) is 0.580. The predicted molar refractivity (Wildman–Crippen MR) is 109 cm³/mol. The third-order valence-corrected chi connectivity index (χ3v) is 5.24. The van der Waals surface area contributed by atoms with Gasteiger partial charge in [-0.05, 0) is 42.5 Å². The fourth-order valence-corrected chi connectivity index (χ4v) is 3.54. The van der Waals surface area contributed by atoms with Crippen LogP contribution in [0.25, 0.3) is 0 Å². The Kier molecular flexibility index (Phi) is 6.06. The van der Waals surface area contributed by atoms with E-state index in [4.69, 9.17) is 26.1 Å². The largest absolute Gasteiger partial charge is 0.497 e. The highest BCUT2D eigenvalue weighted by Gasteiger charge is 2.26. The number of piperazine rings is 1. The smallest absolute Gasteiger partial charge is 0.291 e. The molecule has 1 saturated heterocycles. The van der Waals surface area contributed by atoms with Crippen LogP contribution in [-0.4, -0.2) is 43.1 Å². The summed E-state index contributed by atoms with van der Waals surface area (Å²) in [5.74, 6) is 3.14. The average Bonchev–Trinajstić information content (AvgIpc) is 3.13. The Morgan fingerprint density at radius 1 is 1.14 bits per heavy atom. The molecule has 0 radical (unpaired) electrons. The minimum Gasteiger partial charge on any atom is -0.497 e. The van der Waals surface area contributed by atoms with Crippen molar-refractivity contribution in [1.29, 1.82) is 0 Å². The normalized spacial score (nSPS) is 14.7. The molecule has 152 valence electrons. The molecule has 0 amide bonds. The van der Waals surface area contributed by atoms with E-state index in [2.05, 4.69) is 27.1 Å². The zero-order valence-electron chi connectivity index (χ0n) is 16.3. The maximum atomic E-state index is 5.72. The van der Waals surface area contributed by atoms with Crippen LogP contribution in [0.15, 0.2) is 53.1 Å². The molecule has 0 unspecified atom stereocenters. The zero-order chi connectivity index (χ0) is 20.1. The van der Waals surface area contributed by atoms with Crippen molar-refractivity contribution in [3.05, 3.63) is 59.4 Å². The van der Waals surface area contributed by atoms with Crippen LogP contribution < -0.4 is 24.3 Å². The van der Waals surface area contributed by atoms with E-state index in [1.807, 2.05) is 36.5 Å². The number of aromatic amines is 1.